The molecule has 2 aromatic carbocycles. The monoisotopic (exact) mass is 379 g/mol. The van der Waals surface area contributed by atoms with E-state index in [1.807, 2.05) is 36.1 Å². The second-order valence-corrected chi connectivity index (χ2v) is 7.59. The van der Waals surface area contributed by atoms with Crippen molar-refractivity contribution in [2.45, 2.75) is 19.1 Å². The molecule has 0 bridgehead atoms. The number of morpholine rings is 1. The zero-order valence-electron chi connectivity index (χ0n) is 16.5. The first-order chi connectivity index (χ1) is 13.7. The van der Waals surface area contributed by atoms with E-state index in [4.69, 9.17) is 4.74 Å². The van der Waals surface area contributed by atoms with Gasteiger partial charge in [-0.25, -0.2) is 0 Å². The molecule has 5 nitrogen and oxygen atoms in total. The van der Waals surface area contributed by atoms with Crippen molar-refractivity contribution in [2.75, 3.05) is 50.8 Å². The fourth-order valence-electron chi connectivity index (χ4n) is 4.13. The molecule has 2 fully saturated rings. The molecule has 0 aliphatic carbocycles. The molecular weight excluding hydrogens is 350 g/mol. The topological polar surface area (TPSA) is 36.0 Å². The molecule has 0 saturated carbocycles. The van der Waals surface area contributed by atoms with E-state index in [0.717, 1.165) is 39.3 Å². The second-order valence-electron chi connectivity index (χ2n) is 7.59. The molecule has 0 spiro atoms. The lowest BCUT2D eigenvalue weighted by atomic mass is 10.1. The van der Waals surface area contributed by atoms with Gasteiger partial charge in [0.2, 0.25) is 5.91 Å². The molecule has 2 atom stereocenters. The third-order valence-corrected chi connectivity index (χ3v) is 5.89. The van der Waals surface area contributed by atoms with E-state index in [-0.39, 0.29) is 18.1 Å². The van der Waals surface area contributed by atoms with Crippen molar-refractivity contribution < 1.29 is 9.53 Å². The Kier molecular flexibility index (Phi) is 5.93. The number of para-hydroxylation sites is 1. The molecule has 28 heavy (non-hydrogen) atoms. The van der Waals surface area contributed by atoms with Crippen molar-refractivity contribution in [1.82, 2.24) is 9.80 Å². The lowest BCUT2D eigenvalue weighted by Gasteiger charge is -2.41. The maximum atomic E-state index is 13.1. The minimum Gasteiger partial charge on any atom is -0.371 e. The van der Waals surface area contributed by atoms with Gasteiger partial charge in [-0.15, -0.1) is 0 Å². The molecule has 5 heteroatoms. The fraction of sp³-hybridized carbons (Fsp3) is 0.435. The normalized spacial score (nSPS) is 22.1. The lowest BCUT2D eigenvalue weighted by molar-refractivity contribution is -0.140. The van der Waals surface area contributed by atoms with Crippen LogP contribution in [-0.4, -0.2) is 67.6 Å². The van der Waals surface area contributed by atoms with Crippen LogP contribution in [0.4, 0.5) is 5.69 Å². The summed E-state index contributed by atoms with van der Waals surface area (Å²) in [5, 5.41) is 0. The predicted molar refractivity (Wildman–Crippen MR) is 111 cm³/mol. The molecule has 2 aliphatic heterocycles. The van der Waals surface area contributed by atoms with E-state index >= 15 is 0 Å². The first-order valence-electron chi connectivity index (χ1n) is 10.2. The van der Waals surface area contributed by atoms with E-state index in [9.17, 15) is 4.79 Å². The van der Waals surface area contributed by atoms with Gasteiger partial charge in [-0.05, 0) is 24.6 Å². The minimum atomic E-state index is -0.113. The second kappa shape index (κ2) is 8.76. The van der Waals surface area contributed by atoms with Crippen LogP contribution >= 0.6 is 0 Å². The zero-order chi connectivity index (χ0) is 19.3. The number of nitrogens with zero attached hydrogens (tertiary/aromatic N) is 3. The molecular formula is C23H29N3O2. The molecule has 0 radical (unpaired) electrons. The summed E-state index contributed by atoms with van der Waals surface area (Å²) >= 11 is 0. The highest BCUT2D eigenvalue weighted by atomic mass is 16.5. The Morgan fingerprint density at radius 1 is 0.929 bits per heavy atom. The number of carbonyl (C=O) groups excluding carboxylic acids is 1. The van der Waals surface area contributed by atoms with Crippen LogP contribution in [0, 0.1) is 0 Å². The van der Waals surface area contributed by atoms with Gasteiger partial charge in [-0.2, -0.15) is 0 Å². The van der Waals surface area contributed by atoms with Crippen molar-refractivity contribution in [3.8, 4) is 0 Å². The molecule has 2 aliphatic rings. The van der Waals surface area contributed by atoms with Crippen LogP contribution in [-0.2, 0) is 9.53 Å². The van der Waals surface area contributed by atoms with Crippen molar-refractivity contribution in [3.63, 3.8) is 0 Å². The maximum Gasteiger partial charge on any atom is 0.239 e. The van der Waals surface area contributed by atoms with Crippen molar-refractivity contribution in [1.29, 1.82) is 0 Å². The van der Waals surface area contributed by atoms with Crippen LogP contribution in [0.3, 0.4) is 0 Å². The van der Waals surface area contributed by atoms with E-state index in [0.29, 0.717) is 6.61 Å². The number of rotatable bonds is 4. The summed E-state index contributed by atoms with van der Waals surface area (Å²) in [7, 11) is 0. The number of ether oxygens (including phenoxy) is 1. The Morgan fingerprint density at radius 2 is 1.57 bits per heavy atom. The number of carbonyl (C=O) groups is 1. The van der Waals surface area contributed by atoms with E-state index in [1.54, 1.807) is 0 Å². The van der Waals surface area contributed by atoms with Gasteiger partial charge in [0.25, 0.3) is 0 Å². The van der Waals surface area contributed by atoms with Crippen LogP contribution in [0.15, 0.2) is 60.7 Å². The van der Waals surface area contributed by atoms with E-state index in [1.165, 1.54) is 11.3 Å². The molecule has 0 aromatic heterocycles. The van der Waals surface area contributed by atoms with Crippen molar-refractivity contribution >= 4 is 11.6 Å². The van der Waals surface area contributed by atoms with Crippen LogP contribution in [0.2, 0.25) is 0 Å². The predicted octanol–water partition coefficient (Wildman–Crippen LogP) is 2.80. The smallest absolute Gasteiger partial charge is 0.239 e. The van der Waals surface area contributed by atoms with Gasteiger partial charge in [0.05, 0.1) is 18.8 Å². The molecule has 2 unspecified atom stereocenters. The largest absolute Gasteiger partial charge is 0.371 e. The first-order valence-corrected chi connectivity index (χ1v) is 10.2. The summed E-state index contributed by atoms with van der Waals surface area (Å²) < 4.78 is 5.96. The third-order valence-electron chi connectivity index (χ3n) is 5.89. The molecule has 0 N–H and O–H groups in total. The van der Waals surface area contributed by atoms with Gasteiger partial charge in [0.1, 0.15) is 0 Å². The summed E-state index contributed by atoms with van der Waals surface area (Å²) in [4.78, 5) is 19.8. The first kappa shape index (κ1) is 19.0. The van der Waals surface area contributed by atoms with Crippen LogP contribution in [0.1, 0.15) is 18.6 Å². The average Bonchev–Trinajstić information content (AvgIpc) is 2.79. The molecule has 2 aromatic rings. The summed E-state index contributed by atoms with van der Waals surface area (Å²) in [5.41, 5.74) is 2.42. The molecule has 148 valence electrons. The van der Waals surface area contributed by atoms with Crippen LogP contribution in [0.25, 0.3) is 0 Å². The number of amides is 1. The van der Waals surface area contributed by atoms with Gasteiger partial charge < -0.3 is 14.5 Å². The van der Waals surface area contributed by atoms with Gasteiger partial charge in [0.15, 0.2) is 0 Å². The number of piperazine rings is 1. The number of hydrogen-bond donors (Lipinski definition) is 0. The summed E-state index contributed by atoms with van der Waals surface area (Å²) in [6, 6.07) is 20.6. The van der Waals surface area contributed by atoms with Crippen molar-refractivity contribution in [2.24, 2.45) is 0 Å². The van der Waals surface area contributed by atoms with Crippen LogP contribution in [0.5, 0.6) is 0 Å². The van der Waals surface area contributed by atoms with Gasteiger partial charge in [-0.3, -0.25) is 9.69 Å². The number of hydrogen-bond acceptors (Lipinski definition) is 4. The van der Waals surface area contributed by atoms with E-state index < -0.39 is 0 Å². The summed E-state index contributed by atoms with van der Waals surface area (Å²) in [6.45, 7) is 7.62. The molecule has 1 amide bonds. The Hall–Kier alpha value is -2.37. The Morgan fingerprint density at radius 3 is 2.25 bits per heavy atom. The Bertz CT molecular complexity index is 760. The molecule has 4 rings (SSSR count). The van der Waals surface area contributed by atoms with E-state index in [2.05, 4.69) is 46.2 Å². The standard InChI is InChI=1S/C23H29N3O2/c1-19(26-16-17-28-22(18-26)20-8-4-2-5-9-20)23(27)25-14-12-24(13-15-25)21-10-6-3-7-11-21/h2-11,19,22H,12-18H2,1H3. The summed E-state index contributed by atoms with van der Waals surface area (Å²) in [5.74, 6) is 0.237. The minimum absolute atomic E-state index is 0.0418. The van der Waals surface area contributed by atoms with Gasteiger partial charge in [-0.1, -0.05) is 48.5 Å². The van der Waals surface area contributed by atoms with Gasteiger partial charge in [0, 0.05) is 45.0 Å². The number of anilines is 1. The lowest BCUT2D eigenvalue weighted by Crippen LogP contribution is -2.56. The number of benzene rings is 2. The molecule has 2 heterocycles. The highest BCUT2D eigenvalue weighted by Gasteiger charge is 2.32. The fourth-order valence-corrected chi connectivity index (χ4v) is 4.13. The quantitative estimate of drug-likeness (QED) is 0.819. The Balaban J connectivity index is 1.33. The summed E-state index contributed by atoms with van der Waals surface area (Å²) in [6.07, 6.45) is 0.0418. The SMILES string of the molecule is CC(C(=O)N1CCN(c2ccccc2)CC1)N1CCOC(c2ccccc2)C1. The molecule has 2 saturated heterocycles. The van der Waals surface area contributed by atoms with Crippen molar-refractivity contribution in [3.05, 3.63) is 66.2 Å². The highest BCUT2D eigenvalue weighted by molar-refractivity contribution is 5.81. The highest BCUT2D eigenvalue weighted by Crippen LogP contribution is 2.24. The van der Waals surface area contributed by atoms with Gasteiger partial charge >= 0.3 is 0 Å². The Labute approximate surface area is 167 Å². The zero-order valence-corrected chi connectivity index (χ0v) is 16.5. The third kappa shape index (κ3) is 4.21. The van der Waals surface area contributed by atoms with Crippen LogP contribution < -0.4 is 4.90 Å². The maximum absolute atomic E-state index is 13.1. The average molecular weight is 380 g/mol.